The number of sulfonamides is 1. The van der Waals surface area contributed by atoms with Gasteiger partial charge in [-0.15, -0.1) is 11.8 Å². The fourth-order valence-corrected chi connectivity index (χ4v) is 4.66. The fraction of sp³-hybridized carbons (Fsp3) is 0.381. The summed E-state index contributed by atoms with van der Waals surface area (Å²) in [6.07, 6.45) is 0.616. The van der Waals surface area contributed by atoms with Gasteiger partial charge in [0.15, 0.2) is 0 Å². The molecule has 0 saturated carbocycles. The molecule has 5 nitrogen and oxygen atoms in total. The Hall–Kier alpha value is -1.83. The molecule has 152 valence electrons. The summed E-state index contributed by atoms with van der Waals surface area (Å²) < 4.78 is 32.5. The molecule has 0 bridgehead atoms. The van der Waals surface area contributed by atoms with E-state index in [4.69, 9.17) is 4.74 Å². The van der Waals surface area contributed by atoms with Gasteiger partial charge in [-0.05, 0) is 47.7 Å². The summed E-state index contributed by atoms with van der Waals surface area (Å²) in [4.78, 5) is 13.1. The summed E-state index contributed by atoms with van der Waals surface area (Å²) >= 11 is 1.59. The first-order chi connectivity index (χ1) is 13.3. The second-order valence-corrected chi connectivity index (χ2v) is 9.57. The van der Waals surface area contributed by atoms with Crippen molar-refractivity contribution in [2.75, 3.05) is 19.4 Å². The maximum atomic E-state index is 12.6. The van der Waals surface area contributed by atoms with Crippen molar-refractivity contribution in [1.29, 1.82) is 0 Å². The van der Waals surface area contributed by atoms with Crippen LogP contribution in [0.15, 0.2) is 52.3 Å². The van der Waals surface area contributed by atoms with E-state index in [0.29, 0.717) is 24.6 Å². The van der Waals surface area contributed by atoms with Crippen LogP contribution in [0.2, 0.25) is 0 Å². The molecule has 0 aliphatic carbocycles. The molecule has 0 atom stereocenters. The molecule has 0 aliphatic heterocycles. The van der Waals surface area contributed by atoms with E-state index in [1.807, 2.05) is 6.92 Å². The van der Waals surface area contributed by atoms with Crippen LogP contribution in [-0.2, 0) is 21.2 Å². The maximum Gasteiger partial charge on any atom is 0.338 e. The highest BCUT2D eigenvalue weighted by Crippen LogP contribution is 2.22. The Labute approximate surface area is 171 Å². The van der Waals surface area contributed by atoms with Gasteiger partial charge in [0.25, 0.3) is 0 Å². The molecular weight excluding hydrogens is 394 g/mol. The number of hydrogen-bond donors (Lipinski definition) is 1. The third-order valence-corrected chi connectivity index (χ3v) is 6.86. The van der Waals surface area contributed by atoms with Crippen molar-refractivity contribution in [3.05, 3.63) is 59.2 Å². The SMILES string of the molecule is CCc1ccc(S(=O)(=O)NCCSc2ccc(C(C)C)cc2)cc1C(=O)OC. The van der Waals surface area contributed by atoms with Crippen molar-refractivity contribution >= 4 is 27.8 Å². The van der Waals surface area contributed by atoms with Crippen LogP contribution in [0.5, 0.6) is 0 Å². The van der Waals surface area contributed by atoms with Gasteiger partial charge in [0.2, 0.25) is 10.0 Å². The zero-order valence-corrected chi connectivity index (χ0v) is 18.3. The first-order valence-corrected chi connectivity index (χ1v) is 11.7. The maximum absolute atomic E-state index is 12.6. The molecule has 0 unspecified atom stereocenters. The van der Waals surface area contributed by atoms with E-state index in [-0.39, 0.29) is 10.5 Å². The number of aryl methyl sites for hydroxylation is 1. The molecule has 1 N–H and O–H groups in total. The lowest BCUT2D eigenvalue weighted by Gasteiger charge is -2.11. The topological polar surface area (TPSA) is 72.5 Å². The molecule has 2 aromatic rings. The number of carbonyl (C=O) groups is 1. The van der Waals surface area contributed by atoms with E-state index in [9.17, 15) is 13.2 Å². The van der Waals surface area contributed by atoms with Crippen LogP contribution in [0.4, 0.5) is 0 Å². The molecule has 2 aromatic carbocycles. The van der Waals surface area contributed by atoms with Gasteiger partial charge in [-0.3, -0.25) is 0 Å². The largest absolute Gasteiger partial charge is 0.465 e. The molecule has 0 aromatic heterocycles. The van der Waals surface area contributed by atoms with Crippen molar-refractivity contribution in [1.82, 2.24) is 4.72 Å². The zero-order chi connectivity index (χ0) is 20.7. The highest BCUT2D eigenvalue weighted by molar-refractivity contribution is 7.99. The second-order valence-electron chi connectivity index (χ2n) is 6.63. The van der Waals surface area contributed by atoms with Gasteiger partial charge in [0.05, 0.1) is 17.6 Å². The van der Waals surface area contributed by atoms with E-state index < -0.39 is 16.0 Å². The summed E-state index contributed by atoms with van der Waals surface area (Å²) in [7, 11) is -2.41. The van der Waals surface area contributed by atoms with E-state index in [1.165, 1.54) is 24.8 Å². The van der Waals surface area contributed by atoms with E-state index >= 15 is 0 Å². The van der Waals surface area contributed by atoms with Gasteiger partial charge in [0, 0.05) is 17.2 Å². The van der Waals surface area contributed by atoms with Gasteiger partial charge >= 0.3 is 5.97 Å². The van der Waals surface area contributed by atoms with Crippen LogP contribution in [0.1, 0.15) is 48.2 Å². The predicted molar refractivity (Wildman–Crippen MR) is 114 cm³/mol. The molecule has 0 amide bonds. The Morgan fingerprint density at radius 3 is 2.39 bits per heavy atom. The molecule has 0 heterocycles. The van der Waals surface area contributed by atoms with Crippen molar-refractivity contribution in [2.45, 2.75) is 42.9 Å². The van der Waals surface area contributed by atoms with Gasteiger partial charge in [0.1, 0.15) is 0 Å². The van der Waals surface area contributed by atoms with Gasteiger partial charge in [-0.2, -0.15) is 0 Å². The van der Waals surface area contributed by atoms with Crippen LogP contribution in [-0.4, -0.2) is 33.8 Å². The summed E-state index contributed by atoms with van der Waals surface area (Å²) in [5.74, 6) is 0.561. The minimum atomic E-state index is -3.69. The molecule has 0 aliphatic rings. The third-order valence-electron chi connectivity index (χ3n) is 4.39. The van der Waals surface area contributed by atoms with E-state index in [1.54, 1.807) is 17.8 Å². The zero-order valence-electron chi connectivity index (χ0n) is 16.7. The quantitative estimate of drug-likeness (QED) is 0.373. The number of ether oxygens (including phenoxy) is 1. The average Bonchev–Trinajstić information content (AvgIpc) is 2.70. The van der Waals surface area contributed by atoms with Crippen molar-refractivity contribution < 1.29 is 17.9 Å². The lowest BCUT2D eigenvalue weighted by molar-refractivity contribution is 0.0599. The molecular formula is C21H27NO4S2. The van der Waals surface area contributed by atoms with Crippen LogP contribution in [0.3, 0.4) is 0 Å². The lowest BCUT2D eigenvalue weighted by Crippen LogP contribution is -2.26. The molecule has 0 fully saturated rings. The Morgan fingerprint density at radius 2 is 1.82 bits per heavy atom. The Balaban J connectivity index is 1.99. The van der Waals surface area contributed by atoms with E-state index in [2.05, 4.69) is 42.8 Å². The number of carbonyl (C=O) groups excluding carboxylic acids is 1. The monoisotopic (exact) mass is 421 g/mol. The molecule has 28 heavy (non-hydrogen) atoms. The van der Waals surface area contributed by atoms with Gasteiger partial charge in [-0.1, -0.05) is 39.0 Å². The summed E-state index contributed by atoms with van der Waals surface area (Å²) in [6.45, 7) is 6.49. The summed E-state index contributed by atoms with van der Waals surface area (Å²) in [5, 5.41) is 0. The highest BCUT2D eigenvalue weighted by Gasteiger charge is 2.18. The van der Waals surface area contributed by atoms with Crippen LogP contribution in [0, 0.1) is 0 Å². The van der Waals surface area contributed by atoms with Gasteiger partial charge < -0.3 is 4.74 Å². The minimum Gasteiger partial charge on any atom is -0.465 e. The average molecular weight is 422 g/mol. The number of benzene rings is 2. The predicted octanol–water partition coefficient (Wildman–Crippen LogP) is 4.23. The van der Waals surface area contributed by atoms with Crippen LogP contribution in [0.25, 0.3) is 0 Å². The smallest absolute Gasteiger partial charge is 0.338 e. The van der Waals surface area contributed by atoms with Crippen molar-refractivity contribution in [3.8, 4) is 0 Å². The fourth-order valence-electron chi connectivity index (χ4n) is 2.71. The number of methoxy groups -OCH3 is 1. The second kappa shape index (κ2) is 10.1. The van der Waals surface area contributed by atoms with Crippen LogP contribution >= 0.6 is 11.8 Å². The highest BCUT2D eigenvalue weighted by atomic mass is 32.2. The molecule has 0 spiro atoms. The first-order valence-electron chi connectivity index (χ1n) is 9.22. The molecule has 7 heteroatoms. The number of hydrogen-bond acceptors (Lipinski definition) is 5. The lowest BCUT2D eigenvalue weighted by atomic mass is 10.0. The number of nitrogens with one attached hydrogen (secondary N) is 1. The van der Waals surface area contributed by atoms with E-state index in [0.717, 1.165) is 10.5 Å². The third kappa shape index (κ3) is 5.83. The molecule has 0 radical (unpaired) electrons. The standard InChI is InChI=1S/C21H27NO4S2/c1-5-16-8-11-19(14-20(16)21(23)26-4)28(24,25)22-12-13-27-18-9-6-17(7-10-18)15(2)3/h6-11,14-15,22H,5,12-13H2,1-4H3. The normalized spacial score (nSPS) is 11.6. The minimum absolute atomic E-state index is 0.0661. The van der Waals surface area contributed by atoms with Crippen molar-refractivity contribution in [3.63, 3.8) is 0 Å². The summed E-state index contributed by atoms with van der Waals surface area (Å²) in [5.41, 5.74) is 2.32. The molecule has 2 rings (SSSR count). The Morgan fingerprint density at radius 1 is 1.14 bits per heavy atom. The first kappa shape index (κ1) is 22.5. The number of rotatable bonds is 9. The van der Waals surface area contributed by atoms with Crippen LogP contribution < -0.4 is 4.72 Å². The summed E-state index contributed by atoms with van der Waals surface area (Å²) in [6, 6.07) is 12.9. The Bertz CT molecular complexity index is 907. The Kier molecular flexibility index (Phi) is 8.10. The van der Waals surface area contributed by atoms with Gasteiger partial charge in [-0.25, -0.2) is 17.9 Å². The van der Waals surface area contributed by atoms with Crippen molar-refractivity contribution in [2.24, 2.45) is 0 Å². The number of thioether (sulfide) groups is 1. The molecule has 0 saturated heterocycles. The number of esters is 1.